The van der Waals surface area contributed by atoms with Crippen LogP contribution in [-0.2, 0) is 9.47 Å². The van der Waals surface area contributed by atoms with Crippen molar-refractivity contribution in [3.63, 3.8) is 0 Å². The van der Waals surface area contributed by atoms with Crippen molar-refractivity contribution in [2.45, 2.75) is 45.3 Å². The molecule has 0 bridgehead atoms. The lowest BCUT2D eigenvalue weighted by molar-refractivity contribution is 0.0487. The number of amides is 1. The SMILES string of the molecule is CC(C)(C)OC(=O)N(c1ccc(C#N)cc1)C1CCOCC1. The molecule has 0 radical (unpaired) electrons. The van der Waals surface area contributed by atoms with Gasteiger partial charge in [-0.2, -0.15) is 5.26 Å². The predicted octanol–water partition coefficient (Wildman–Crippen LogP) is 3.48. The molecule has 1 fully saturated rings. The molecule has 1 aromatic rings. The first kappa shape index (κ1) is 16.3. The first-order valence-electron chi connectivity index (χ1n) is 7.51. The van der Waals surface area contributed by atoms with E-state index in [1.165, 1.54) is 0 Å². The second-order valence-electron chi connectivity index (χ2n) is 6.35. The molecule has 1 heterocycles. The third kappa shape index (κ3) is 4.22. The highest BCUT2D eigenvalue weighted by Gasteiger charge is 2.30. The molecule has 1 aliphatic rings. The van der Waals surface area contributed by atoms with E-state index in [0.717, 1.165) is 18.5 Å². The summed E-state index contributed by atoms with van der Waals surface area (Å²) in [6.45, 7) is 6.84. The van der Waals surface area contributed by atoms with Gasteiger partial charge in [0.1, 0.15) is 5.60 Å². The van der Waals surface area contributed by atoms with E-state index >= 15 is 0 Å². The minimum Gasteiger partial charge on any atom is -0.443 e. The number of rotatable bonds is 2. The van der Waals surface area contributed by atoms with E-state index in [1.54, 1.807) is 29.2 Å². The molecular weight excluding hydrogens is 280 g/mol. The van der Waals surface area contributed by atoms with Gasteiger partial charge in [-0.05, 0) is 57.9 Å². The van der Waals surface area contributed by atoms with Crippen LogP contribution in [-0.4, -0.2) is 30.9 Å². The highest BCUT2D eigenvalue weighted by molar-refractivity contribution is 5.88. The summed E-state index contributed by atoms with van der Waals surface area (Å²) in [6, 6.07) is 9.15. The second-order valence-corrected chi connectivity index (χ2v) is 6.35. The van der Waals surface area contributed by atoms with Crippen molar-refractivity contribution in [3.8, 4) is 6.07 Å². The average Bonchev–Trinajstić information content (AvgIpc) is 2.47. The Kier molecular flexibility index (Phi) is 5.04. The van der Waals surface area contributed by atoms with Gasteiger partial charge < -0.3 is 9.47 Å². The maximum atomic E-state index is 12.6. The molecule has 0 aliphatic carbocycles. The highest BCUT2D eigenvalue weighted by Crippen LogP contribution is 2.25. The van der Waals surface area contributed by atoms with Gasteiger partial charge in [-0.25, -0.2) is 4.79 Å². The fourth-order valence-corrected chi connectivity index (χ4v) is 2.42. The molecule has 0 N–H and O–H groups in total. The molecule has 5 nitrogen and oxygen atoms in total. The van der Waals surface area contributed by atoms with Crippen molar-refractivity contribution in [2.75, 3.05) is 18.1 Å². The third-order valence-electron chi connectivity index (χ3n) is 3.42. The van der Waals surface area contributed by atoms with Gasteiger partial charge in [-0.3, -0.25) is 4.90 Å². The Bertz CT molecular complexity index is 549. The molecule has 22 heavy (non-hydrogen) atoms. The van der Waals surface area contributed by atoms with Gasteiger partial charge in [0.05, 0.1) is 11.6 Å². The molecule has 1 amide bonds. The lowest BCUT2D eigenvalue weighted by atomic mass is 10.1. The fraction of sp³-hybridized carbons (Fsp3) is 0.529. The van der Waals surface area contributed by atoms with Gasteiger partial charge in [0.25, 0.3) is 0 Å². The first-order chi connectivity index (χ1) is 10.4. The second kappa shape index (κ2) is 6.80. The van der Waals surface area contributed by atoms with E-state index < -0.39 is 5.60 Å². The van der Waals surface area contributed by atoms with Crippen LogP contribution in [0.25, 0.3) is 0 Å². The van der Waals surface area contributed by atoms with Crippen LogP contribution in [0.1, 0.15) is 39.2 Å². The van der Waals surface area contributed by atoms with Crippen molar-refractivity contribution in [2.24, 2.45) is 0 Å². The van der Waals surface area contributed by atoms with Crippen LogP contribution in [0.2, 0.25) is 0 Å². The van der Waals surface area contributed by atoms with Crippen LogP contribution < -0.4 is 4.90 Å². The van der Waals surface area contributed by atoms with Crippen molar-refractivity contribution >= 4 is 11.8 Å². The maximum absolute atomic E-state index is 12.6. The van der Waals surface area contributed by atoms with Gasteiger partial charge in [0.15, 0.2) is 0 Å². The maximum Gasteiger partial charge on any atom is 0.415 e. The monoisotopic (exact) mass is 302 g/mol. The average molecular weight is 302 g/mol. The number of ether oxygens (including phenoxy) is 2. The van der Waals surface area contributed by atoms with Crippen molar-refractivity contribution in [3.05, 3.63) is 29.8 Å². The van der Waals surface area contributed by atoms with Crippen LogP contribution >= 0.6 is 0 Å². The summed E-state index contributed by atoms with van der Waals surface area (Å²) in [7, 11) is 0. The summed E-state index contributed by atoms with van der Waals surface area (Å²) in [6.07, 6.45) is 1.20. The van der Waals surface area contributed by atoms with E-state index in [1.807, 2.05) is 20.8 Å². The molecule has 118 valence electrons. The molecule has 1 aromatic carbocycles. The minimum atomic E-state index is -0.549. The standard InChI is InChI=1S/C17H22N2O3/c1-17(2,3)22-16(20)19(15-8-10-21-11-9-15)14-6-4-13(12-18)5-7-14/h4-7,15H,8-11H2,1-3H3. The van der Waals surface area contributed by atoms with E-state index in [-0.39, 0.29) is 12.1 Å². The third-order valence-corrected chi connectivity index (χ3v) is 3.42. The molecule has 1 saturated heterocycles. The van der Waals surface area contributed by atoms with E-state index in [0.29, 0.717) is 18.8 Å². The molecule has 5 heteroatoms. The van der Waals surface area contributed by atoms with Crippen LogP contribution in [0.15, 0.2) is 24.3 Å². The van der Waals surface area contributed by atoms with Crippen LogP contribution in [0.4, 0.5) is 10.5 Å². The van der Waals surface area contributed by atoms with Gasteiger partial charge >= 0.3 is 6.09 Å². The Hall–Kier alpha value is -2.06. The largest absolute Gasteiger partial charge is 0.443 e. The van der Waals surface area contributed by atoms with Gasteiger partial charge in [-0.1, -0.05) is 0 Å². The zero-order chi connectivity index (χ0) is 16.2. The van der Waals surface area contributed by atoms with E-state index in [9.17, 15) is 4.79 Å². The molecule has 0 atom stereocenters. The Morgan fingerprint density at radius 2 is 1.86 bits per heavy atom. The number of hydrogen-bond acceptors (Lipinski definition) is 4. The molecule has 0 unspecified atom stereocenters. The summed E-state index contributed by atoms with van der Waals surface area (Å²) in [5, 5.41) is 8.91. The summed E-state index contributed by atoms with van der Waals surface area (Å²) >= 11 is 0. The van der Waals surface area contributed by atoms with Crippen molar-refractivity contribution in [1.29, 1.82) is 5.26 Å². The Morgan fingerprint density at radius 3 is 2.36 bits per heavy atom. The van der Waals surface area contributed by atoms with Gasteiger partial charge in [0, 0.05) is 24.9 Å². The molecule has 0 aromatic heterocycles. The normalized spacial score (nSPS) is 15.9. The van der Waals surface area contributed by atoms with Crippen molar-refractivity contribution in [1.82, 2.24) is 0 Å². The lowest BCUT2D eigenvalue weighted by Crippen LogP contribution is -2.46. The molecule has 0 saturated carbocycles. The van der Waals surface area contributed by atoms with Gasteiger partial charge in [-0.15, -0.1) is 0 Å². The number of carbonyl (C=O) groups is 1. The summed E-state index contributed by atoms with van der Waals surface area (Å²) < 4.78 is 10.9. The quantitative estimate of drug-likeness (QED) is 0.839. The minimum absolute atomic E-state index is 0.0523. The lowest BCUT2D eigenvalue weighted by Gasteiger charge is -2.35. The number of carbonyl (C=O) groups excluding carboxylic acids is 1. The molecule has 0 spiro atoms. The van der Waals surface area contributed by atoms with Crippen LogP contribution in [0.5, 0.6) is 0 Å². The summed E-state index contributed by atoms with van der Waals surface area (Å²) in [5.41, 5.74) is 0.771. The van der Waals surface area contributed by atoms with E-state index in [2.05, 4.69) is 6.07 Å². The summed E-state index contributed by atoms with van der Waals surface area (Å²) in [4.78, 5) is 14.3. The number of nitrogens with zero attached hydrogens (tertiary/aromatic N) is 2. The van der Waals surface area contributed by atoms with Crippen LogP contribution in [0, 0.1) is 11.3 Å². The number of nitriles is 1. The fourth-order valence-electron chi connectivity index (χ4n) is 2.42. The van der Waals surface area contributed by atoms with E-state index in [4.69, 9.17) is 14.7 Å². The highest BCUT2D eigenvalue weighted by atomic mass is 16.6. The zero-order valence-corrected chi connectivity index (χ0v) is 13.3. The molecule has 2 rings (SSSR count). The number of anilines is 1. The predicted molar refractivity (Wildman–Crippen MR) is 83.7 cm³/mol. The Labute approximate surface area is 131 Å². The number of benzene rings is 1. The number of hydrogen-bond donors (Lipinski definition) is 0. The molecular formula is C17H22N2O3. The first-order valence-corrected chi connectivity index (χ1v) is 7.51. The Morgan fingerprint density at radius 1 is 1.27 bits per heavy atom. The van der Waals surface area contributed by atoms with Crippen molar-refractivity contribution < 1.29 is 14.3 Å². The molecule has 1 aliphatic heterocycles. The topological polar surface area (TPSA) is 62.6 Å². The summed E-state index contributed by atoms with van der Waals surface area (Å²) in [5.74, 6) is 0. The zero-order valence-electron chi connectivity index (χ0n) is 13.3. The van der Waals surface area contributed by atoms with Gasteiger partial charge in [0.2, 0.25) is 0 Å². The smallest absolute Gasteiger partial charge is 0.415 e. The Balaban J connectivity index is 2.27. The van der Waals surface area contributed by atoms with Crippen LogP contribution in [0.3, 0.4) is 0 Å².